The lowest BCUT2D eigenvalue weighted by Gasteiger charge is -2.21. The quantitative estimate of drug-likeness (QED) is 0.546. The second-order valence-electron chi connectivity index (χ2n) is 6.33. The summed E-state index contributed by atoms with van der Waals surface area (Å²) >= 11 is 0. The predicted octanol–water partition coefficient (Wildman–Crippen LogP) is 3.23. The van der Waals surface area contributed by atoms with Crippen molar-refractivity contribution in [3.63, 3.8) is 0 Å². The van der Waals surface area contributed by atoms with Gasteiger partial charge in [0.2, 0.25) is 5.76 Å². The predicted molar refractivity (Wildman–Crippen MR) is 96.6 cm³/mol. The van der Waals surface area contributed by atoms with E-state index in [9.17, 15) is 9.59 Å². The molecular formula is C20H13N3O4. The summed E-state index contributed by atoms with van der Waals surface area (Å²) in [6.45, 7) is 1.74. The molecule has 1 aromatic carbocycles. The largest absolute Gasteiger partial charge is 0.450 e. The van der Waals surface area contributed by atoms with Crippen molar-refractivity contribution in [3.05, 3.63) is 87.7 Å². The molecule has 0 unspecified atom stereocenters. The third-order valence-electron chi connectivity index (χ3n) is 4.64. The number of aryl methyl sites for hydroxylation is 1. The van der Waals surface area contributed by atoms with E-state index in [0.717, 1.165) is 0 Å². The molecule has 4 heterocycles. The first-order chi connectivity index (χ1) is 13.1. The number of nitrogens with zero attached hydrogens (tertiary/aromatic N) is 3. The van der Waals surface area contributed by atoms with E-state index in [1.54, 1.807) is 55.7 Å². The van der Waals surface area contributed by atoms with Gasteiger partial charge in [0, 0.05) is 18.5 Å². The highest BCUT2D eigenvalue weighted by atomic mass is 16.5. The Kier molecular flexibility index (Phi) is 3.24. The van der Waals surface area contributed by atoms with E-state index in [4.69, 9.17) is 8.94 Å². The highest BCUT2D eigenvalue weighted by molar-refractivity contribution is 6.10. The van der Waals surface area contributed by atoms with Crippen LogP contribution in [0.5, 0.6) is 0 Å². The van der Waals surface area contributed by atoms with Crippen LogP contribution in [-0.2, 0) is 0 Å². The minimum atomic E-state index is -0.688. The van der Waals surface area contributed by atoms with Crippen molar-refractivity contribution in [1.29, 1.82) is 0 Å². The summed E-state index contributed by atoms with van der Waals surface area (Å²) in [5.41, 5.74) is 1.11. The molecule has 7 nitrogen and oxygen atoms in total. The van der Waals surface area contributed by atoms with E-state index >= 15 is 0 Å². The van der Waals surface area contributed by atoms with Crippen molar-refractivity contribution in [1.82, 2.24) is 10.1 Å². The zero-order valence-corrected chi connectivity index (χ0v) is 14.2. The minimum absolute atomic E-state index is 0.0215. The Morgan fingerprint density at radius 3 is 2.70 bits per heavy atom. The van der Waals surface area contributed by atoms with Crippen LogP contribution in [0.4, 0.5) is 5.82 Å². The van der Waals surface area contributed by atoms with Crippen molar-refractivity contribution in [3.8, 4) is 0 Å². The van der Waals surface area contributed by atoms with Crippen molar-refractivity contribution in [2.45, 2.75) is 13.0 Å². The molecule has 0 spiro atoms. The van der Waals surface area contributed by atoms with E-state index < -0.39 is 11.9 Å². The monoisotopic (exact) mass is 359 g/mol. The molecule has 0 saturated heterocycles. The standard InChI is InChI=1S/C20H13N3O4/c1-11-9-15(22-27-11)23-17(12-5-4-8-21-10-12)16-18(24)13-6-2-3-7-14(13)26-19(16)20(23)25/h2-10,17H,1H3/t17-/m1/s1. The number of hydrogen-bond donors (Lipinski definition) is 0. The Hall–Kier alpha value is -3.74. The van der Waals surface area contributed by atoms with Crippen LogP contribution in [0.1, 0.15) is 33.5 Å². The van der Waals surface area contributed by atoms with E-state index in [1.165, 1.54) is 4.90 Å². The van der Waals surface area contributed by atoms with Gasteiger partial charge in [-0.25, -0.2) is 0 Å². The van der Waals surface area contributed by atoms with Crippen molar-refractivity contribution >= 4 is 22.7 Å². The molecule has 0 bridgehead atoms. The Bertz CT molecular complexity index is 1240. The average Bonchev–Trinajstić information content (AvgIpc) is 3.24. The van der Waals surface area contributed by atoms with Crippen LogP contribution in [0.15, 0.2) is 68.6 Å². The molecule has 132 valence electrons. The zero-order valence-electron chi connectivity index (χ0n) is 14.2. The maximum atomic E-state index is 13.2. The van der Waals surface area contributed by atoms with Crippen molar-refractivity contribution in [2.75, 3.05) is 4.90 Å². The summed E-state index contributed by atoms with van der Waals surface area (Å²) in [5.74, 6) is 0.465. The molecular weight excluding hydrogens is 346 g/mol. The van der Waals surface area contributed by atoms with Crippen LogP contribution in [-0.4, -0.2) is 16.0 Å². The Morgan fingerprint density at radius 1 is 1.11 bits per heavy atom. The van der Waals surface area contributed by atoms with Gasteiger partial charge in [0.15, 0.2) is 11.2 Å². The van der Waals surface area contributed by atoms with Gasteiger partial charge in [-0.1, -0.05) is 23.4 Å². The molecule has 0 aliphatic carbocycles. The Balaban J connectivity index is 1.84. The first kappa shape index (κ1) is 15.5. The fourth-order valence-corrected chi connectivity index (χ4v) is 3.48. The Morgan fingerprint density at radius 2 is 1.96 bits per heavy atom. The molecule has 1 aliphatic rings. The van der Waals surface area contributed by atoms with Gasteiger partial charge in [0.1, 0.15) is 11.3 Å². The third kappa shape index (κ3) is 2.21. The molecule has 27 heavy (non-hydrogen) atoms. The second-order valence-corrected chi connectivity index (χ2v) is 6.33. The average molecular weight is 359 g/mol. The number of rotatable bonds is 2. The fraction of sp³-hybridized carbons (Fsp3) is 0.100. The van der Waals surface area contributed by atoms with E-state index in [1.807, 2.05) is 6.07 Å². The topological polar surface area (TPSA) is 89.4 Å². The number of aromatic nitrogens is 2. The van der Waals surface area contributed by atoms with E-state index in [2.05, 4.69) is 10.1 Å². The summed E-state index contributed by atoms with van der Waals surface area (Å²) in [6.07, 6.45) is 3.26. The summed E-state index contributed by atoms with van der Waals surface area (Å²) in [6, 6.07) is 11.4. The van der Waals surface area contributed by atoms with Gasteiger partial charge in [-0.3, -0.25) is 19.5 Å². The summed E-state index contributed by atoms with van der Waals surface area (Å²) in [7, 11) is 0. The molecule has 0 radical (unpaired) electrons. The smallest absolute Gasteiger partial charge is 0.296 e. The lowest BCUT2D eigenvalue weighted by Crippen LogP contribution is -2.29. The summed E-state index contributed by atoms with van der Waals surface area (Å²) < 4.78 is 11.0. The van der Waals surface area contributed by atoms with Gasteiger partial charge in [-0.2, -0.15) is 0 Å². The van der Waals surface area contributed by atoms with Gasteiger partial charge < -0.3 is 8.94 Å². The number of amides is 1. The van der Waals surface area contributed by atoms with Crippen LogP contribution in [0.25, 0.3) is 11.0 Å². The van der Waals surface area contributed by atoms with Gasteiger partial charge in [0.25, 0.3) is 5.91 Å². The minimum Gasteiger partial charge on any atom is -0.450 e. The fourth-order valence-electron chi connectivity index (χ4n) is 3.48. The second kappa shape index (κ2) is 5.63. The normalized spacial score (nSPS) is 16.1. The van der Waals surface area contributed by atoms with Gasteiger partial charge >= 0.3 is 0 Å². The van der Waals surface area contributed by atoms with Crippen molar-refractivity contribution in [2.24, 2.45) is 0 Å². The lowest BCUT2D eigenvalue weighted by molar-refractivity contribution is 0.0969. The molecule has 0 N–H and O–H groups in total. The van der Waals surface area contributed by atoms with Crippen LogP contribution < -0.4 is 10.3 Å². The number of para-hydroxylation sites is 1. The molecule has 1 aliphatic heterocycles. The van der Waals surface area contributed by atoms with Crippen LogP contribution in [0, 0.1) is 6.92 Å². The summed E-state index contributed by atoms with van der Waals surface area (Å²) in [4.78, 5) is 32.0. The zero-order chi connectivity index (χ0) is 18.5. The van der Waals surface area contributed by atoms with E-state index in [-0.39, 0.29) is 16.8 Å². The molecule has 7 heteroatoms. The number of benzene rings is 1. The first-order valence-corrected chi connectivity index (χ1v) is 8.37. The van der Waals surface area contributed by atoms with Gasteiger partial charge in [-0.15, -0.1) is 0 Å². The third-order valence-corrected chi connectivity index (χ3v) is 4.64. The Labute approximate surface area is 152 Å². The van der Waals surface area contributed by atoms with E-state index in [0.29, 0.717) is 28.1 Å². The number of carbonyl (C=O) groups excluding carboxylic acids is 1. The molecule has 1 amide bonds. The highest BCUT2D eigenvalue weighted by Gasteiger charge is 2.44. The molecule has 4 aromatic rings. The molecule has 0 saturated carbocycles. The van der Waals surface area contributed by atoms with Crippen LogP contribution in [0.3, 0.4) is 0 Å². The maximum Gasteiger partial charge on any atom is 0.296 e. The maximum absolute atomic E-state index is 13.2. The molecule has 5 rings (SSSR count). The van der Waals surface area contributed by atoms with Crippen LogP contribution in [0.2, 0.25) is 0 Å². The number of hydrogen-bond acceptors (Lipinski definition) is 6. The number of carbonyl (C=O) groups is 1. The SMILES string of the molecule is Cc1cc(N2C(=O)c3oc4ccccc4c(=O)c3[C@H]2c2cccnc2)no1. The molecule has 3 aromatic heterocycles. The van der Waals surface area contributed by atoms with Gasteiger partial charge in [-0.05, 0) is 30.7 Å². The van der Waals surface area contributed by atoms with Crippen LogP contribution >= 0.6 is 0 Å². The molecule has 0 fully saturated rings. The number of pyridine rings is 1. The van der Waals surface area contributed by atoms with Crippen molar-refractivity contribution < 1.29 is 13.7 Å². The van der Waals surface area contributed by atoms with Gasteiger partial charge in [0.05, 0.1) is 17.0 Å². The first-order valence-electron chi connectivity index (χ1n) is 8.37. The highest BCUT2D eigenvalue weighted by Crippen LogP contribution is 2.40. The molecule has 1 atom stereocenters. The number of fused-ring (bicyclic) bond motifs is 2. The summed E-state index contributed by atoms with van der Waals surface area (Å²) in [5, 5.41) is 4.40. The lowest BCUT2D eigenvalue weighted by atomic mass is 10.00. The number of anilines is 1.